The number of alkyl carbamates (subject to hydrolysis) is 1. The van der Waals surface area contributed by atoms with Crippen LogP contribution in [0.5, 0.6) is 0 Å². The third-order valence-corrected chi connectivity index (χ3v) is 4.29. The van der Waals surface area contributed by atoms with E-state index in [0.29, 0.717) is 6.42 Å². The second-order valence-corrected chi connectivity index (χ2v) is 8.15. The molecule has 0 aliphatic carbocycles. The Morgan fingerprint density at radius 1 is 1.30 bits per heavy atom. The van der Waals surface area contributed by atoms with Crippen molar-refractivity contribution in [1.29, 1.82) is 0 Å². The van der Waals surface area contributed by atoms with Crippen molar-refractivity contribution < 1.29 is 32.6 Å². The molecule has 0 bridgehead atoms. The highest BCUT2D eigenvalue weighted by Crippen LogP contribution is 2.41. The molecule has 1 aliphatic heterocycles. The highest BCUT2D eigenvalue weighted by Gasteiger charge is 2.39. The molecule has 6 nitrogen and oxygen atoms in total. The Balaban J connectivity index is 2.29. The molecule has 150 valence electrons. The number of benzene rings is 1. The molecule has 1 atom stereocenters. The second-order valence-electron chi connectivity index (χ2n) is 7.23. The molecule has 0 unspecified atom stereocenters. The summed E-state index contributed by atoms with van der Waals surface area (Å²) in [6.45, 7) is 5.31. The summed E-state index contributed by atoms with van der Waals surface area (Å²) in [5.74, 6) is -1.46. The number of amides is 1. The summed E-state index contributed by atoms with van der Waals surface area (Å²) in [6, 6.07) is 1.55. The number of carbonyl (C=O) groups is 2. The fraction of sp³-hybridized carbons (Fsp3) is 0.529. The number of anilines is 1. The van der Waals surface area contributed by atoms with Crippen LogP contribution < -0.4 is 10.2 Å². The molecule has 1 aromatic carbocycles. The minimum Gasteiger partial charge on any atom is -0.478 e. The molecule has 2 N–H and O–H groups in total. The van der Waals surface area contributed by atoms with Gasteiger partial charge in [0.15, 0.2) is 0 Å². The Kier molecular flexibility index (Phi) is 5.98. The molecular weight excluding hydrogens is 433 g/mol. The van der Waals surface area contributed by atoms with Gasteiger partial charge in [0.2, 0.25) is 0 Å². The largest absolute Gasteiger partial charge is 0.478 e. The molecule has 0 saturated carbocycles. The zero-order valence-electron chi connectivity index (χ0n) is 15.0. The Labute approximate surface area is 162 Å². The molecule has 1 aromatic rings. The number of hydrogen-bond acceptors (Lipinski definition) is 4. The summed E-state index contributed by atoms with van der Waals surface area (Å²) in [6.07, 6.45) is -5.02. The van der Waals surface area contributed by atoms with Crippen LogP contribution in [-0.2, 0) is 10.9 Å². The molecule has 1 amide bonds. The summed E-state index contributed by atoms with van der Waals surface area (Å²) < 4.78 is 45.6. The third kappa shape index (κ3) is 5.50. The van der Waals surface area contributed by atoms with Crippen molar-refractivity contribution in [2.24, 2.45) is 0 Å². The molecule has 1 heterocycles. The van der Waals surface area contributed by atoms with Crippen LogP contribution in [0, 0.1) is 0 Å². The summed E-state index contributed by atoms with van der Waals surface area (Å²) in [4.78, 5) is 24.7. The maximum absolute atomic E-state index is 13.5. The number of rotatable bonds is 3. The van der Waals surface area contributed by atoms with Gasteiger partial charge in [0.1, 0.15) is 5.60 Å². The summed E-state index contributed by atoms with van der Waals surface area (Å²) in [5, 5.41) is 12.0. The van der Waals surface area contributed by atoms with E-state index >= 15 is 0 Å². The first-order valence-electron chi connectivity index (χ1n) is 8.16. The van der Waals surface area contributed by atoms with Crippen molar-refractivity contribution in [2.45, 2.75) is 45.0 Å². The van der Waals surface area contributed by atoms with Crippen LogP contribution in [0.1, 0.15) is 43.1 Å². The van der Waals surface area contributed by atoms with Crippen LogP contribution in [-0.4, -0.2) is 41.9 Å². The van der Waals surface area contributed by atoms with Gasteiger partial charge in [-0.2, -0.15) is 13.2 Å². The molecule has 1 fully saturated rings. The summed E-state index contributed by atoms with van der Waals surface area (Å²) in [5.41, 5.74) is -2.58. The minimum atomic E-state index is -4.72. The van der Waals surface area contributed by atoms with Crippen LogP contribution in [0.3, 0.4) is 0 Å². The topological polar surface area (TPSA) is 78.9 Å². The Morgan fingerprint density at radius 2 is 1.93 bits per heavy atom. The van der Waals surface area contributed by atoms with Gasteiger partial charge in [0.05, 0.1) is 22.9 Å². The molecular formula is C17H20BrF3N2O4. The number of nitrogens with one attached hydrogen (secondary N) is 1. The van der Waals surface area contributed by atoms with Gasteiger partial charge < -0.3 is 20.1 Å². The number of aromatic carboxylic acids is 1. The molecule has 1 aliphatic rings. The smallest absolute Gasteiger partial charge is 0.418 e. The lowest BCUT2D eigenvalue weighted by Crippen LogP contribution is -2.40. The van der Waals surface area contributed by atoms with Crippen molar-refractivity contribution in [2.75, 3.05) is 18.0 Å². The van der Waals surface area contributed by atoms with Crippen LogP contribution >= 0.6 is 15.9 Å². The highest BCUT2D eigenvalue weighted by molar-refractivity contribution is 9.10. The number of halogens is 4. The standard InChI is InChI=1S/C17H20BrF3N2O4/c1-16(2,3)27-15(26)22-10-4-5-23(8-10)13-11(14(24)25)6-9(18)7-12(13)17(19,20)21/h6-7,10H,4-5,8H2,1-3H3,(H,22,26)(H,24,25)/t10-/m1/s1. The maximum atomic E-state index is 13.5. The predicted molar refractivity (Wildman–Crippen MR) is 96.1 cm³/mol. The number of alkyl halides is 3. The molecule has 0 aromatic heterocycles. The first-order chi connectivity index (χ1) is 12.3. The summed E-state index contributed by atoms with van der Waals surface area (Å²) in [7, 11) is 0. The van der Waals surface area contributed by atoms with Gasteiger partial charge in [-0.25, -0.2) is 9.59 Å². The quantitative estimate of drug-likeness (QED) is 0.715. The normalized spacial score (nSPS) is 17.7. The fourth-order valence-electron chi connectivity index (χ4n) is 2.87. The first-order valence-corrected chi connectivity index (χ1v) is 8.95. The van der Waals surface area contributed by atoms with E-state index in [4.69, 9.17) is 4.74 Å². The van der Waals surface area contributed by atoms with Crippen molar-refractivity contribution in [3.63, 3.8) is 0 Å². The van der Waals surface area contributed by atoms with Crippen LogP contribution in [0.15, 0.2) is 16.6 Å². The Morgan fingerprint density at radius 3 is 2.44 bits per heavy atom. The maximum Gasteiger partial charge on any atom is 0.418 e. The second kappa shape index (κ2) is 7.57. The monoisotopic (exact) mass is 452 g/mol. The average molecular weight is 453 g/mol. The van der Waals surface area contributed by atoms with Gasteiger partial charge in [-0.05, 0) is 39.3 Å². The number of carboxylic acids is 1. The van der Waals surface area contributed by atoms with Gasteiger partial charge in [-0.15, -0.1) is 0 Å². The van der Waals surface area contributed by atoms with Gasteiger partial charge in [0, 0.05) is 17.6 Å². The Hall–Kier alpha value is -1.97. The van der Waals surface area contributed by atoms with Gasteiger partial charge in [0.25, 0.3) is 0 Å². The predicted octanol–water partition coefficient (Wildman–Crippen LogP) is 4.27. The first kappa shape index (κ1) is 21.3. The SMILES string of the molecule is CC(C)(C)OC(=O)N[C@@H]1CCN(c2c(C(=O)O)cc(Br)cc2C(F)(F)F)C1. The molecule has 2 rings (SSSR count). The van der Waals surface area contributed by atoms with E-state index in [-0.39, 0.29) is 17.6 Å². The zero-order chi connectivity index (χ0) is 20.6. The van der Waals surface area contributed by atoms with E-state index in [0.717, 1.165) is 12.1 Å². The number of ether oxygens (including phenoxy) is 1. The molecule has 0 spiro atoms. The van der Waals surface area contributed by atoms with E-state index in [1.807, 2.05) is 0 Å². The number of carboxylic acid groups (broad SMARTS) is 1. The van der Waals surface area contributed by atoms with Crippen molar-refractivity contribution in [3.05, 3.63) is 27.7 Å². The molecule has 10 heteroatoms. The zero-order valence-corrected chi connectivity index (χ0v) is 16.6. The van der Waals surface area contributed by atoms with Crippen LogP contribution in [0.2, 0.25) is 0 Å². The Bertz CT molecular complexity index is 747. The van der Waals surface area contributed by atoms with Crippen molar-refractivity contribution in [1.82, 2.24) is 5.32 Å². The van der Waals surface area contributed by atoms with Crippen LogP contribution in [0.25, 0.3) is 0 Å². The van der Waals surface area contributed by atoms with E-state index < -0.39 is 46.7 Å². The number of carbonyl (C=O) groups excluding carboxylic acids is 1. The van der Waals surface area contributed by atoms with Crippen molar-refractivity contribution in [3.8, 4) is 0 Å². The molecule has 27 heavy (non-hydrogen) atoms. The van der Waals surface area contributed by atoms with Gasteiger partial charge >= 0.3 is 18.2 Å². The highest BCUT2D eigenvalue weighted by atomic mass is 79.9. The van der Waals surface area contributed by atoms with E-state index in [1.54, 1.807) is 20.8 Å². The van der Waals surface area contributed by atoms with Crippen molar-refractivity contribution >= 4 is 33.7 Å². The molecule has 0 radical (unpaired) electrons. The lowest BCUT2D eigenvalue weighted by atomic mass is 10.1. The van der Waals surface area contributed by atoms with Crippen LogP contribution in [0.4, 0.5) is 23.7 Å². The lowest BCUT2D eigenvalue weighted by molar-refractivity contribution is -0.137. The van der Waals surface area contributed by atoms with Gasteiger partial charge in [-0.1, -0.05) is 15.9 Å². The number of hydrogen-bond donors (Lipinski definition) is 2. The minimum absolute atomic E-state index is 0.0265. The van der Waals surface area contributed by atoms with Gasteiger partial charge in [-0.3, -0.25) is 0 Å². The average Bonchev–Trinajstić information content (AvgIpc) is 2.91. The molecule has 1 saturated heterocycles. The van der Waals surface area contributed by atoms with E-state index in [1.165, 1.54) is 4.90 Å². The third-order valence-electron chi connectivity index (χ3n) is 3.84. The van der Waals surface area contributed by atoms with E-state index in [9.17, 15) is 27.9 Å². The fourth-order valence-corrected chi connectivity index (χ4v) is 3.33. The lowest BCUT2D eigenvalue weighted by Gasteiger charge is -2.26. The number of nitrogens with zero attached hydrogens (tertiary/aromatic N) is 1. The summed E-state index contributed by atoms with van der Waals surface area (Å²) >= 11 is 2.93. The van der Waals surface area contributed by atoms with E-state index in [2.05, 4.69) is 21.2 Å².